The van der Waals surface area contributed by atoms with Gasteiger partial charge in [0, 0.05) is 18.0 Å². The normalized spacial score (nSPS) is 12.6. The van der Waals surface area contributed by atoms with E-state index in [0.717, 1.165) is 34.1 Å². The van der Waals surface area contributed by atoms with Crippen LogP contribution in [-0.4, -0.2) is 15.0 Å². The molecule has 0 aliphatic heterocycles. The Morgan fingerprint density at radius 2 is 2.14 bits per heavy atom. The highest BCUT2D eigenvalue weighted by atomic mass is 32.1. The molecule has 4 nitrogen and oxygen atoms in total. The minimum Gasteiger partial charge on any atom is -0.324 e. The maximum Gasteiger partial charge on any atom is 0.227 e. The van der Waals surface area contributed by atoms with Gasteiger partial charge in [0.1, 0.15) is 0 Å². The van der Waals surface area contributed by atoms with Gasteiger partial charge < -0.3 is 5.32 Å². The summed E-state index contributed by atoms with van der Waals surface area (Å²) in [5.41, 5.74) is 4.36. The zero-order valence-corrected chi connectivity index (χ0v) is 13.9. The number of hydrogen-bond donors (Lipinski definition) is 1. The summed E-state index contributed by atoms with van der Waals surface area (Å²) in [7, 11) is 0. The Kier molecular flexibility index (Phi) is 3.35. The number of nitrogens with zero attached hydrogens (tertiary/aromatic N) is 3. The van der Waals surface area contributed by atoms with Gasteiger partial charge in [-0.2, -0.15) is 0 Å². The first-order valence-electron chi connectivity index (χ1n) is 7.10. The Hall–Kier alpha value is -1.92. The number of benzene rings is 1. The summed E-state index contributed by atoms with van der Waals surface area (Å²) in [6.07, 6.45) is 3.87. The number of thiazole rings is 1. The monoisotopic (exact) mass is 327 g/mol. The Labute approximate surface area is 138 Å². The molecule has 3 aromatic rings. The maximum atomic E-state index is 4.73. The molecule has 1 aromatic carbocycles. The number of aromatic nitrogens is 3. The molecule has 0 saturated heterocycles. The van der Waals surface area contributed by atoms with Gasteiger partial charge in [-0.1, -0.05) is 6.07 Å². The fourth-order valence-corrected chi connectivity index (χ4v) is 3.89. The summed E-state index contributed by atoms with van der Waals surface area (Å²) in [6, 6.07) is 7.96. The van der Waals surface area contributed by atoms with Crippen molar-refractivity contribution < 1.29 is 0 Å². The number of fused-ring (bicyclic) bond motifs is 3. The second kappa shape index (κ2) is 5.37. The third-order valence-corrected chi connectivity index (χ3v) is 4.96. The second-order valence-corrected chi connectivity index (χ2v) is 7.06. The van der Waals surface area contributed by atoms with Gasteiger partial charge >= 0.3 is 0 Å². The van der Waals surface area contributed by atoms with Crippen molar-refractivity contribution in [3.05, 3.63) is 46.7 Å². The zero-order valence-electron chi connectivity index (χ0n) is 12.1. The summed E-state index contributed by atoms with van der Waals surface area (Å²) >= 11 is 5.24. The van der Waals surface area contributed by atoms with Crippen molar-refractivity contribution in [2.24, 2.45) is 0 Å². The molecule has 0 fully saturated rings. The van der Waals surface area contributed by atoms with Crippen LogP contribution in [0.5, 0.6) is 0 Å². The van der Waals surface area contributed by atoms with Crippen molar-refractivity contribution in [3.63, 3.8) is 0 Å². The molecule has 0 amide bonds. The third kappa shape index (κ3) is 2.48. The predicted octanol–water partition coefficient (Wildman–Crippen LogP) is 3.12. The van der Waals surface area contributed by atoms with Crippen LogP contribution in [0.3, 0.4) is 0 Å². The topological polar surface area (TPSA) is 50.7 Å². The van der Waals surface area contributed by atoms with E-state index >= 15 is 0 Å². The summed E-state index contributed by atoms with van der Waals surface area (Å²) in [5, 5.41) is 4.36. The van der Waals surface area contributed by atoms with Gasteiger partial charge in [-0.05, 0) is 50.1 Å². The molecule has 0 unspecified atom stereocenters. The van der Waals surface area contributed by atoms with E-state index < -0.39 is 0 Å². The average Bonchev–Trinajstić information content (AvgIpc) is 2.88. The van der Waals surface area contributed by atoms with E-state index in [-0.39, 0.29) is 0 Å². The van der Waals surface area contributed by atoms with Gasteiger partial charge in [-0.3, -0.25) is 0 Å². The van der Waals surface area contributed by atoms with E-state index in [1.165, 1.54) is 16.1 Å². The molecule has 0 saturated carbocycles. The predicted molar refractivity (Wildman–Crippen MR) is 93.4 cm³/mol. The minimum absolute atomic E-state index is 0.620. The Bertz CT molecular complexity index is 857. The standard InChI is InChI=1S/C16H14N4S2/c1-9-18-13-6-5-10-8-17-16(20-14(10)15(13)22-9)19-11-3-2-4-12(21)7-11/h2-4,7-8,21H,5-6H2,1H3,(H,17,19,20)/p+1. The zero-order chi connectivity index (χ0) is 15.1. The quantitative estimate of drug-likeness (QED) is 0.735. The highest BCUT2D eigenvalue weighted by Crippen LogP contribution is 2.36. The van der Waals surface area contributed by atoms with Crippen LogP contribution in [0.4, 0.5) is 11.6 Å². The van der Waals surface area contributed by atoms with Gasteiger partial charge in [0.2, 0.25) is 5.95 Å². The number of rotatable bonds is 2. The molecule has 1 aliphatic carbocycles. The van der Waals surface area contributed by atoms with Crippen LogP contribution in [0.15, 0.2) is 35.4 Å². The average molecular weight is 327 g/mol. The molecular weight excluding hydrogens is 312 g/mol. The Balaban J connectivity index is 1.72. The van der Waals surface area contributed by atoms with Crippen LogP contribution in [0.25, 0.3) is 10.6 Å². The highest BCUT2D eigenvalue weighted by molar-refractivity contribution is 7.58. The molecule has 1 aliphatic rings. The summed E-state index contributed by atoms with van der Waals surface area (Å²) in [5.74, 6) is 0.620. The summed E-state index contributed by atoms with van der Waals surface area (Å²) < 4.78 is 0. The second-order valence-electron chi connectivity index (χ2n) is 5.28. The molecule has 0 atom stereocenters. The van der Waals surface area contributed by atoms with E-state index in [1.54, 1.807) is 11.3 Å². The fraction of sp³-hybridized carbons (Fsp3) is 0.188. The fourth-order valence-electron chi connectivity index (χ4n) is 2.65. The van der Waals surface area contributed by atoms with Gasteiger partial charge in [-0.25, -0.2) is 15.0 Å². The van der Waals surface area contributed by atoms with Crippen molar-refractivity contribution in [1.29, 1.82) is 0 Å². The first-order valence-corrected chi connectivity index (χ1v) is 8.42. The van der Waals surface area contributed by atoms with E-state index in [9.17, 15) is 0 Å². The van der Waals surface area contributed by atoms with Crippen LogP contribution in [0, 0.1) is 6.92 Å². The number of nitrogens with one attached hydrogen (secondary N) is 1. The molecule has 2 aromatic heterocycles. The van der Waals surface area contributed by atoms with E-state index in [0.29, 0.717) is 5.95 Å². The van der Waals surface area contributed by atoms with E-state index in [4.69, 9.17) is 4.98 Å². The number of aryl methyl sites for hydroxylation is 3. The Morgan fingerprint density at radius 1 is 1.23 bits per heavy atom. The van der Waals surface area contributed by atoms with Crippen molar-refractivity contribution in [2.75, 3.05) is 5.32 Å². The van der Waals surface area contributed by atoms with Gasteiger partial charge in [0.15, 0.2) is 4.90 Å². The molecule has 22 heavy (non-hydrogen) atoms. The maximum absolute atomic E-state index is 4.73. The third-order valence-electron chi connectivity index (χ3n) is 3.63. The Morgan fingerprint density at radius 3 is 3.00 bits per heavy atom. The lowest BCUT2D eigenvalue weighted by atomic mass is 10.00. The summed E-state index contributed by atoms with van der Waals surface area (Å²) in [4.78, 5) is 16.0. The van der Waals surface area contributed by atoms with Crippen molar-refractivity contribution in [1.82, 2.24) is 15.0 Å². The molecule has 0 radical (unpaired) electrons. The molecular formula is C16H15N4S2+. The van der Waals surface area contributed by atoms with Crippen molar-refractivity contribution >= 4 is 35.6 Å². The van der Waals surface area contributed by atoms with E-state index in [1.807, 2.05) is 37.4 Å². The van der Waals surface area contributed by atoms with Crippen LogP contribution in [-0.2, 0) is 25.5 Å². The van der Waals surface area contributed by atoms with Crippen LogP contribution in [0.2, 0.25) is 0 Å². The molecule has 2 heterocycles. The largest absolute Gasteiger partial charge is 0.324 e. The van der Waals surface area contributed by atoms with E-state index in [2.05, 4.69) is 27.9 Å². The molecule has 110 valence electrons. The molecule has 4 rings (SSSR count). The first-order chi connectivity index (χ1) is 10.7. The SMILES string of the molecule is Cc1nc2c(s1)-c1nc(Nc3cccc([SH2+])c3)ncc1CC2. The lowest BCUT2D eigenvalue weighted by Crippen LogP contribution is -2.07. The lowest BCUT2D eigenvalue weighted by Gasteiger charge is -2.15. The number of anilines is 2. The van der Waals surface area contributed by atoms with Gasteiger partial charge in [-0.15, -0.1) is 11.3 Å². The van der Waals surface area contributed by atoms with Gasteiger partial charge in [0.25, 0.3) is 0 Å². The molecule has 1 N–H and O–H groups in total. The highest BCUT2D eigenvalue weighted by Gasteiger charge is 2.22. The van der Waals surface area contributed by atoms with Crippen molar-refractivity contribution in [2.45, 2.75) is 24.7 Å². The van der Waals surface area contributed by atoms with Crippen LogP contribution in [0.1, 0.15) is 16.3 Å². The first kappa shape index (κ1) is 13.7. The lowest BCUT2D eigenvalue weighted by molar-refractivity contribution is 0.884. The molecule has 6 heteroatoms. The van der Waals surface area contributed by atoms with Gasteiger partial charge in [0.05, 0.1) is 21.3 Å². The molecule has 0 spiro atoms. The van der Waals surface area contributed by atoms with Crippen LogP contribution < -0.4 is 5.32 Å². The van der Waals surface area contributed by atoms with Crippen LogP contribution >= 0.6 is 11.3 Å². The smallest absolute Gasteiger partial charge is 0.227 e. The molecule has 0 bridgehead atoms. The summed E-state index contributed by atoms with van der Waals surface area (Å²) in [6.45, 7) is 2.05. The minimum atomic E-state index is 0.620. The number of hydrogen-bond acceptors (Lipinski definition) is 5. The van der Waals surface area contributed by atoms with Crippen molar-refractivity contribution in [3.8, 4) is 10.6 Å².